The normalized spacial score (nSPS) is 9.93. The highest BCUT2D eigenvalue weighted by Crippen LogP contribution is 2.23. The fraction of sp³-hybridized carbons (Fsp3) is 0.0909. The minimum Gasteiger partial charge on any atom is -0.435 e. The minimum absolute atomic E-state index is 0.407. The van der Waals surface area contributed by atoms with E-state index in [9.17, 15) is 0 Å². The molecule has 2 aromatic heterocycles. The van der Waals surface area contributed by atoms with Gasteiger partial charge in [-0.2, -0.15) is 0 Å². The van der Waals surface area contributed by atoms with Gasteiger partial charge in [-0.15, -0.1) is 0 Å². The first-order chi connectivity index (χ1) is 7.25. The third kappa shape index (κ3) is 2.22. The molecular weight excluding hydrogens is 190 g/mol. The Balaban J connectivity index is 2.26. The zero-order chi connectivity index (χ0) is 10.7. The van der Waals surface area contributed by atoms with Gasteiger partial charge in [0.15, 0.2) is 0 Å². The maximum absolute atomic E-state index is 5.70. The number of ether oxygens (including phenoxy) is 1. The number of hydrogen-bond acceptors (Lipinski definition) is 4. The molecule has 0 aliphatic carbocycles. The van der Waals surface area contributed by atoms with Crippen LogP contribution in [0.2, 0.25) is 0 Å². The van der Waals surface area contributed by atoms with Crippen molar-refractivity contribution in [2.24, 2.45) is 0 Å². The van der Waals surface area contributed by atoms with E-state index in [0.29, 0.717) is 17.3 Å². The molecular formula is C11H11N3O. The summed E-state index contributed by atoms with van der Waals surface area (Å²) < 4.78 is 5.49. The van der Waals surface area contributed by atoms with E-state index in [4.69, 9.17) is 10.5 Å². The SMILES string of the molecule is Cc1cncc(Oc2ncccc2N)c1. The lowest BCUT2D eigenvalue weighted by atomic mass is 10.3. The van der Waals surface area contributed by atoms with E-state index in [1.54, 1.807) is 30.7 Å². The van der Waals surface area contributed by atoms with E-state index >= 15 is 0 Å². The molecule has 0 radical (unpaired) electrons. The minimum atomic E-state index is 0.407. The van der Waals surface area contributed by atoms with Gasteiger partial charge in [0.1, 0.15) is 5.75 Å². The van der Waals surface area contributed by atoms with Crippen molar-refractivity contribution >= 4 is 5.69 Å². The fourth-order valence-electron chi connectivity index (χ4n) is 1.18. The molecule has 2 N–H and O–H groups in total. The van der Waals surface area contributed by atoms with Crippen molar-refractivity contribution in [1.82, 2.24) is 9.97 Å². The summed E-state index contributed by atoms with van der Waals surface area (Å²) in [5.74, 6) is 1.05. The summed E-state index contributed by atoms with van der Waals surface area (Å²) in [4.78, 5) is 8.04. The lowest BCUT2D eigenvalue weighted by Gasteiger charge is -2.06. The Morgan fingerprint density at radius 2 is 2.20 bits per heavy atom. The number of nitrogen functional groups attached to an aromatic ring is 1. The van der Waals surface area contributed by atoms with Gasteiger partial charge in [-0.1, -0.05) is 0 Å². The Labute approximate surface area is 87.7 Å². The molecule has 0 atom stereocenters. The van der Waals surface area contributed by atoms with Crippen LogP contribution in [0.25, 0.3) is 0 Å². The van der Waals surface area contributed by atoms with Crippen LogP contribution in [0.4, 0.5) is 5.69 Å². The van der Waals surface area contributed by atoms with E-state index in [2.05, 4.69) is 9.97 Å². The van der Waals surface area contributed by atoms with E-state index in [1.165, 1.54) is 0 Å². The van der Waals surface area contributed by atoms with Crippen molar-refractivity contribution in [3.8, 4) is 11.6 Å². The number of hydrogen-bond donors (Lipinski definition) is 1. The summed E-state index contributed by atoms with van der Waals surface area (Å²) in [6.45, 7) is 1.95. The molecule has 0 aliphatic heterocycles. The summed E-state index contributed by atoms with van der Waals surface area (Å²) in [6.07, 6.45) is 5.02. The predicted octanol–water partition coefficient (Wildman–Crippen LogP) is 2.16. The van der Waals surface area contributed by atoms with E-state index in [-0.39, 0.29) is 0 Å². The first kappa shape index (κ1) is 9.45. The second kappa shape index (κ2) is 3.96. The van der Waals surface area contributed by atoms with Crippen LogP contribution in [0.3, 0.4) is 0 Å². The Kier molecular flexibility index (Phi) is 2.49. The number of aromatic nitrogens is 2. The van der Waals surface area contributed by atoms with Crippen LogP contribution >= 0.6 is 0 Å². The van der Waals surface area contributed by atoms with Crippen LogP contribution < -0.4 is 10.5 Å². The molecule has 2 aromatic rings. The Morgan fingerprint density at radius 1 is 1.33 bits per heavy atom. The average Bonchev–Trinajstić information content (AvgIpc) is 2.22. The third-order valence-electron chi connectivity index (χ3n) is 1.86. The number of anilines is 1. The molecule has 0 saturated heterocycles. The summed E-state index contributed by atoms with van der Waals surface area (Å²) in [7, 11) is 0. The maximum Gasteiger partial charge on any atom is 0.242 e. The van der Waals surface area contributed by atoms with Crippen molar-refractivity contribution in [3.63, 3.8) is 0 Å². The van der Waals surface area contributed by atoms with Crippen molar-refractivity contribution in [1.29, 1.82) is 0 Å². The molecule has 0 saturated carbocycles. The van der Waals surface area contributed by atoms with Crippen molar-refractivity contribution in [2.45, 2.75) is 6.92 Å². The van der Waals surface area contributed by atoms with Gasteiger partial charge in [0.05, 0.1) is 11.9 Å². The lowest BCUT2D eigenvalue weighted by Crippen LogP contribution is -1.94. The van der Waals surface area contributed by atoms with E-state index in [1.807, 2.05) is 13.0 Å². The highest BCUT2D eigenvalue weighted by atomic mass is 16.5. The van der Waals surface area contributed by atoms with Crippen LogP contribution in [-0.4, -0.2) is 9.97 Å². The second-order valence-corrected chi connectivity index (χ2v) is 3.20. The number of rotatable bonds is 2. The molecule has 0 fully saturated rings. The van der Waals surface area contributed by atoms with Gasteiger partial charge in [0.25, 0.3) is 0 Å². The van der Waals surface area contributed by atoms with Gasteiger partial charge in [-0.3, -0.25) is 4.98 Å². The summed E-state index contributed by atoms with van der Waals surface area (Å²) in [5.41, 5.74) is 7.24. The predicted molar refractivity (Wildman–Crippen MR) is 57.7 cm³/mol. The number of pyridine rings is 2. The molecule has 2 heterocycles. The van der Waals surface area contributed by atoms with Gasteiger partial charge >= 0.3 is 0 Å². The van der Waals surface area contributed by atoms with Crippen LogP contribution in [0.15, 0.2) is 36.8 Å². The average molecular weight is 201 g/mol. The molecule has 0 unspecified atom stereocenters. The Hall–Kier alpha value is -2.10. The van der Waals surface area contributed by atoms with Gasteiger partial charge in [-0.25, -0.2) is 4.98 Å². The molecule has 0 spiro atoms. The topological polar surface area (TPSA) is 61.0 Å². The molecule has 0 amide bonds. The van der Waals surface area contributed by atoms with E-state index < -0.39 is 0 Å². The molecule has 0 bridgehead atoms. The lowest BCUT2D eigenvalue weighted by molar-refractivity contribution is 0.463. The molecule has 0 aliphatic rings. The quantitative estimate of drug-likeness (QED) is 0.808. The van der Waals surface area contributed by atoms with Crippen LogP contribution in [0, 0.1) is 6.92 Å². The van der Waals surface area contributed by atoms with Crippen molar-refractivity contribution in [2.75, 3.05) is 5.73 Å². The highest BCUT2D eigenvalue weighted by Gasteiger charge is 2.02. The fourth-order valence-corrected chi connectivity index (χ4v) is 1.18. The van der Waals surface area contributed by atoms with Gasteiger partial charge < -0.3 is 10.5 Å². The number of nitrogens with two attached hydrogens (primary N) is 1. The Morgan fingerprint density at radius 3 is 2.93 bits per heavy atom. The first-order valence-corrected chi connectivity index (χ1v) is 4.56. The van der Waals surface area contributed by atoms with E-state index in [0.717, 1.165) is 5.56 Å². The maximum atomic E-state index is 5.70. The summed E-state index contributed by atoms with van der Waals surface area (Å²) in [6, 6.07) is 5.38. The van der Waals surface area contributed by atoms with Gasteiger partial charge in [0, 0.05) is 12.4 Å². The molecule has 0 aromatic carbocycles. The molecule has 4 heteroatoms. The summed E-state index contributed by atoms with van der Waals surface area (Å²) >= 11 is 0. The zero-order valence-corrected chi connectivity index (χ0v) is 8.34. The first-order valence-electron chi connectivity index (χ1n) is 4.56. The van der Waals surface area contributed by atoms with Crippen LogP contribution in [-0.2, 0) is 0 Å². The Bertz CT molecular complexity index is 471. The molecule has 4 nitrogen and oxygen atoms in total. The highest BCUT2D eigenvalue weighted by molar-refractivity contribution is 5.48. The molecule has 76 valence electrons. The standard InChI is InChI=1S/C11H11N3O/c1-8-5-9(7-13-6-8)15-11-10(12)3-2-4-14-11/h2-7H,12H2,1H3. The van der Waals surface area contributed by atoms with Crippen LogP contribution in [0.5, 0.6) is 11.6 Å². The van der Waals surface area contributed by atoms with Crippen molar-refractivity contribution in [3.05, 3.63) is 42.4 Å². The molecule has 15 heavy (non-hydrogen) atoms. The largest absolute Gasteiger partial charge is 0.435 e. The number of nitrogens with zero attached hydrogens (tertiary/aromatic N) is 2. The zero-order valence-electron chi connectivity index (χ0n) is 8.34. The summed E-state index contributed by atoms with van der Waals surface area (Å²) in [5, 5.41) is 0. The van der Waals surface area contributed by atoms with Crippen molar-refractivity contribution < 1.29 is 4.74 Å². The monoisotopic (exact) mass is 201 g/mol. The van der Waals surface area contributed by atoms with Gasteiger partial charge in [0.2, 0.25) is 5.88 Å². The smallest absolute Gasteiger partial charge is 0.242 e. The second-order valence-electron chi connectivity index (χ2n) is 3.20. The third-order valence-corrected chi connectivity index (χ3v) is 1.86. The van der Waals surface area contributed by atoms with Crippen LogP contribution in [0.1, 0.15) is 5.56 Å². The number of aryl methyl sites for hydroxylation is 1. The van der Waals surface area contributed by atoms with Gasteiger partial charge in [-0.05, 0) is 30.7 Å². The molecule has 2 rings (SSSR count).